The number of hydrogen-bond acceptors (Lipinski definition) is 2. The van der Waals surface area contributed by atoms with Gasteiger partial charge in [0, 0.05) is 17.7 Å². The zero-order chi connectivity index (χ0) is 22.0. The molecule has 0 bridgehead atoms. The van der Waals surface area contributed by atoms with E-state index in [2.05, 4.69) is 74.2 Å². The number of aromatic carboxylic acids is 1. The molecule has 154 valence electrons. The first-order valence-electron chi connectivity index (χ1n) is 10.4. The van der Waals surface area contributed by atoms with Crippen molar-refractivity contribution < 1.29 is 9.90 Å². The number of hydrogen-bond donors (Lipinski definition) is 2. The van der Waals surface area contributed by atoms with Crippen molar-refractivity contribution in [3.63, 3.8) is 0 Å². The topological polar surface area (TPSA) is 63.3 Å². The number of nitrogens with two attached hydrogens (primary N) is 1. The first-order chi connectivity index (χ1) is 14.9. The fraction of sp³-hybridized carbons (Fsp3) is 0.179. The van der Waals surface area contributed by atoms with E-state index < -0.39 is 5.97 Å². The number of benzene rings is 3. The number of rotatable bonds is 3. The maximum Gasteiger partial charge on any atom is 0.335 e. The monoisotopic (exact) mass is 407 g/mol. The van der Waals surface area contributed by atoms with Gasteiger partial charge in [0.2, 0.25) is 0 Å². The second-order valence-electron chi connectivity index (χ2n) is 8.50. The van der Waals surface area contributed by atoms with Crippen LogP contribution in [0.15, 0.2) is 72.8 Å². The SMILES string of the molecule is CC1(C)CC=C(c2cccc(CN)c2)c2cc(C#Cc3ccc(C(=O)O)cc3)ccc21. The normalized spacial score (nSPS) is 14.1. The van der Waals surface area contributed by atoms with Crippen LogP contribution < -0.4 is 5.73 Å². The van der Waals surface area contributed by atoms with Gasteiger partial charge in [-0.1, -0.05) is 56.0 Å². The van der Waals surface area contributed by atoms with E-state index in [1.807, 2.05) is 0 Å². The van der Waals surface area contributed by atoms with Crippen molar-refractivity contribution >= 4 is 11.5 Å². The minimum Gasteiger partial charge on any atom is -0.478 e. The summed E-state index contributed by atoms with van der Waals surface area (Å²) in [5.41, 5.74) is 13.9. The van der Waals surface area contributed by atoms with Crippen LogP contribution in [0.4, 0.5) is 0 Å². The van der Waals surface area contributed by atoms with Gasteiger partial charge in [0.05, 0.1) is 5.56 Å². The Labute approximate surface area is 183 Å². The third-order valence-electron chi connectivity index (χ3n) is 5.81. The van der Waals surface area contributed by atoms with Crippen LogP contribution in [0, 0.1) is 11.8 Å². The zero-order valence-electron chi connectivity index (χ0n) is 17.8. The highest BCUT2D eigenvalue weighted by molar-refractivity contribution is 5.87. The second kappa shape index (κ2) is 8.26. The lowest BCUT2D eigenvalue weighted by Gasteiger charge is -2.32. The molecule has 0 fully saturated rings. The molecule has 0 radical (unpaired) electrons. The highest BCUT2D eigenvalue weighted by atomic mass is 16.4. The van der Waals surface area contributed by atoms with Gasteiger partial charge in [-0.2, -0.15) is 0 Å². The quantitative estimate of drug-likeness (QED) is 0.575. The van der Waals surface area contributed by atoms with Crippen molar-refractivity contribution in [3.05, 3.63) is 112 Å². The van der Waals surface area contributed by atoms with Gasteiger partial charge in [0.25, 0.3) is 0 Å². The van der Waals surface area contributed by atoms with Crippen LogP contribution in [0.2, 0.25) is 0 Å². The van der Waals surface area contributed by atoms with Crippen LogP contribution in [0.5, 0.6) is 0 Å². The molecule has 0 atom stereocenters. The Bertz CT molecular complexity index is 1240. The zero-order valence-corrected chi connectivity index (χ0v) is 17.8. The van der Waals surface area contributed by atoms with E-state index in [0.717, 1.165) is 23.1 Å². The van der Waals surface area contributed by atoms with Crippen molar-refractivity contribution in [1.82, 2.24) is 0 Å². The van der Waals surface area contributed by atoms with E-state index in [1.54, 1.807) is 24.3 Å². The molecule has 31 heavy (non-hydrogen) atoms. The lowest BCUT2D eigenvalue weighted by Crippen LogP contribution is -2.22. The summed E-state index contributed by atoms with van der Waals surface area (Å²) < 4.78 is 0. The first kappa shape index (κ1) is 20.7. The molecule has 3 aromatic carbocycles. The molecule has 1 aliphatic carbocycles. The average molecular weight is 408 g/mol. The summed E-state index contributed by atoms with van der Waals surface area (Å²) in [7, 11) is 0. The molecule has 4 rings (SSSR count). The number of carboxylic acid groups (broad SMARTS) is 1. The maximum absolute atomic E-state index is 11.0. The average Bonchev–Trinajstić information content (AvgIpc) is 2.78. The highest BCUT2D eigenvalue weighted by Crippen LogP contribution is 2.41. The molecule has 0 amide bonds. The number of carbonyl (C=O) groups is 1. The van der Waals surface area contributed by atoms with E-state index in [4.69, 9.17) is 10.8 Å². The highest BCUT2D eigenvalue weighted by Gasteiger charge is 2.28. The molecular weight excluding hydrogens is 382 g/mol. The van der Waals surface area contributed by atoms with Crippen LogP contribution >= 0.6 is 0 Å². The lowest BCUT2D eigenvalue weighted by molar-refractivity contribution is 0.0697. The lowest BCUT2D eigenvalue weighted by atomic mass is 9.72. The fourth-order valence-corrected chi connectivity index (χ4v) is 3.99. The molecule has 1 aliphatic rings. The van der Waals surface area contributed by atoms with Crippen LogP contribution in [-0.4, -0.2) is 11.1 Å². The van der Waals surface area contributed by atoms with Crippen LogP contribution in [-0.2, 0) is 12.0 Å². The second-order valence-corrected chi connectivity index (χ2v) is 8.50. The predicted molar refractivity (Wildman–Crippen MR) is 125 cm³/mol. The summed E-state index contributed by atoms with van der Waals surface area (Å²) in [4.78, 5) is 11.0. The van der Waals surface area contributed by atoms with Crippen molar-refractivity contribution in [1.29, 1.82) is 0 Å². The fourth-order valence-electron chi connectivity index (χ4n) is 3.99. The minimum absolute atomic E-state index is 0.0585. The molecule has 3 heteroatoms. The van der Waals surface area contributed by atoms with Gasteiger partial charge in [-0.15, -0.1) is 0 Å². The molecule has 3 nitrogen and oxygen atoms in total. The van der Waals surface area contributed by atoms with Gasteiger partial charge < -0.3 is 10.8 Å². The maximum atomic E-state index is 11.0. The largest absolute Gasteiger partial charge is 0.478 e. The molecule has 0 saturated carbocycles. The third-order valence-corrected chi connectivity index (χ3v) is 5.81. The summed E-state index contributed by atoms with van der Waals surface area (Å²) >= 11 is 0. The molecule has 0 saturated heterocycles. The van der Waals surface area contributed by atoms with Gasteiger partial charge in [-0.05, 0) is 82.1 Å². The summed E-state index contributed by atoms with van der Waals surface area (Å²) in [5, 5.41) is 9.04. The van der Waals surface area contributed by atoms with Crippen molar-refractivity contribution in [2.45, 2.75) is 32.2 Å². The Balaban J connectivity index is 1.73. The van der Waals surface area contributed by atoms with E-state index >= 15 is 0 Å². The number of carboxylic acids is 1. The Kier molecular flexibility index (Phi) is 5.50. The van der Waals surface area contributed by atoms with Gasteiger partial charge >= 0.3 is 5.97 Å². The minimum atomic E-state index is -0.935. The van der Waals surface area contributed by atoms with E-state index in [1.165, 1.54) is 22.3 Å². The number of allylic oxidation sites excluding steroid dienone is 1. The van der Waals surface area contributed by atoms with Crippen LogP contribution in [0.1, 0.15) is 64.0 Å². The van der Waals surface area contributed by atoms with Gasteiger partial charge in [-0.25, -0.2) is 4.79 Å². The molecular formula is C28H25NO2. The van der Waals surface area contributed by atoms with Gasteiger partial charge in [0.1, 0.15) is 0 Å². The van der Waals surface area contributed by atoms with Crippen molar-refractivity contribution in [2.75, 3.05) is 0 Å². The molecule has 0 heterocycles. The molecule has 3 N–H and O–H groups in total. The Hall–Kier alpha value is -3.61. The summed E-state index contributed by atoms with van der Waals surface area (Å²) in [6.45, 7) is 5.06. The Morgan fingerprint density at radius 1 is 1.00 bits per heavy atom. The van der Waals surface area contributed by atoms with Crippen molar-refractivity contribution in [3.8, 4) is 11.8 Å². The molecule has 0 unspecified atom stereocenters. The van der Waals surface area contributed by atoms with Gasteiger partial charge in [0.15, 0.2) is 0 Å². The third kappa shape index (κ3) is 4.30. The number of fused-ring (bicyclic) bond motifs is 1. The standard InChI is InChI=1S/C28H25NO2/c1-28(2)15-14-24(23-5-3-4-21(16-23)18-29)25-17-20(10-13-26(25)28)7-6-19-8-11-22(12-9-19)27(30)31/h3-5,8-14,16-17H,15,18,29H2,1-2H3,(H,30,31). The van der Waals surface area contributed by atoms with Gasteiger partial charge in [-0.3, -0.25) is 0 Å². The Morgan fingerprint density at radius 3 is 2.42 bits per heavy atom. The summed E-state index contributed by atoms with van der Waals surface area (Å²) in [5.74, 6) is 5.45. The summed E-state index contributed by atoms with van der Waals surface area (Å²) in [6, 6.07) is 21.5. The van der Waals surface area contributed by atoms with Crippen LogP contribution in [0.3, 0.4) is 0 Å². The smallest absolute Gasteiger partial charge is 0.335 e. The molecule has 0 aliphatic heterocycles. The molecule has 3 aromatic rings. The van der Waals surface area contributed by atoms with E-state index in [-0.39, 0.29) is 11.0 Å². The van der Waals surface area contributed by atoms with E-state index in [0.29, 0.717) is 6.54 Å². The predicted octanol–water partition coefficient (Wildman–Crippen LogP) is 5.36. The Morgan fingerprint density at radius 2 is 1.71 bits per heavy atom. The molecule has 0 aromatic heterocycles. The first-order valence-corrected chi connectivity index (χ1v) is 10.4. The van der Waals surface area contributed by atoms with Crippen LogP contribution in [0.25, 0.3) is 5.57 Å². The summed E-state index contributed by atoms with van der Waals surface area (Å²) in [6.07, 6.45) is 3.29. The van der Waals surface area contributed by atoms with E-state index in [9.17, 15) is 4.79 Å². The molecule has 0 spiro atoms. The van der Waals surface area contributed by atoms with Crippen molar-refractivity contribution in [2.24, 2.45) is 5.73 Å².